The predicted octanol–water partition coefficient (Wildman–Crippen LogP) is 11.6. The van der Waals surface area contributed by atoms with Gasteiger partial charge in [0.05, 0.1) is 66.7 Å². The Labute approximate surface area is 509 Å². The van der Waals surface area contributed by atoms with Crippen LogP contribution in [0.3, 0.4) is 0 Å². The molecule has 0 radical (unpaired) electrons. The zero-order chi connectivity index (χ0) is 60.4. The van der Waals surface area contributed by atoms with Gasteiger partial charge in [-0.1, -0.05) is 203 Å². The van der Waals surface area contributed by atoms with Crippen molar-refractivity contribution in [2.24, 2.45) is 0 Å². The number of carbonyl (C=O) groups excluding carboxylic acids is 2. The van der Waals surface area contributed by atoms with Gasteiger partial charge in [0.25, 0.3) is 10.1 Å². The molecule has 0 aliphatic carbocycles. The number of rotatable bonds is 41. The molecule has 2 saturated heterocycles. The predicted molar refractivity (Wildman–Crippen MR) is 324 cm³/mol. The summed E-state index contributed by atoms with van der Waals surface area (Å²) >= 11 is 0. The maximum Gasteiger partial charge on any atom is 0.305 e. The summed E-state index contributed by atoms with van der Waals surface area (Å²) in [6.45, 7) is 1.19. The van der Waals surface area contributed by atoms with Gasteiger partial charge in [-0.05, 0) is 53.5 Å². The van der Waals surface area contributed by atoms with Gasteiger partial charge >= 0.3 is 11.9 Å². The lowest BCUT2D eigenvalue weighted by atomic mass is 9.96. The molecular formula is C68H90O17S. The summed E-state index contributed by atoms with van der Waals surface area (Å²) in [6, 6.07) is 49.3. The van der Waals surface area contributed by atoms with E-state index in [1.165, 1.54) is 14.2 Å². The minimum absolute atomic E-state index is 0.0739. The van der Waals surface area contributed by atoms with Crippen molar-refractivity contribution in [3.05, 3.63) is 179 Å². The number of methoxy groups -OCH3 is 2. The molecule has 0 spiro atoms. The van der Waals surface area contributed by atoms with E-state index in [4.69, 9.17) is 61.0 Å². The fourth-order valence-corrected chi connectivity index (χ4v) is 10.8. The third kappa shape index (κ3) is 24.6. The van der Waals surface area contributed by atoms with Crippen LogP contribution in [0.2, 0.25) is 0 Å². The highest BCUT2D eigenvalue weighted by Crippen LogP contribution is 2.37. The van der Waals surface area contributed by atoms with Crippen molar-refractivity contribution in [2.45, 2.75) is 184 Å². The molecule has 86 heavy (non-hydrogen) atoms. The van der Waals surface area contributed by atoms with Gasteiger partial charge in [0.2, 0.25) is 0 Å². The average Bonchev–Trinajstić information content (AvgIpc) is 1.48. The van der Waals surface area contributed by atoms with Gasteiger partial charge in [-0.25, -0.2) is 0 Å². The fourth-order valence-electron chi connectivity index (χ4n) is 10.4. The lowest BCUT2D eigenvalue weighted by Gasteiger charge is -2.50. The molecule has 0 unspecified atom stereocenters. The molecule has 2 aliphatic rings. The Balaban J connectivity index is 1.26. The first-order valence-corrected chi connectivity index (χ1v) is 32.3. The Morgan fingerprint density at radius 3 is 1.17 bits per heavy atom. The number of carbonyl (C=O) groups is 2. The van der Waals surface area contributed by atoms with Crippen molar-refractivity contribution in [3.8, 4) is 0 Å². The molecule has 0 amide bonds. The van der Waals surface area contributed by atoms with Crippen LogP contribution >= 0.6 is 0 Å². The number of hydrogen-bond acceptors (Lipinski definition) is 17. The van der Waals surface area contributed by atoms with Crippen LogP contribution in [0.4, 0.5) is 0 Å². The summed E-state index contributed by atoms with van der Waals surface area (Å²) in [5.41, 5.74) is 4.64. The molecule has 10 atom stereocenters. The first-order valence-electron chi connectivity index (χ1n) is 30.5. The molecule has 0 bridgehead atoms. The first kappa shape index (κ1) is 68.0. The van der Waals surface area contributed by atoms with E-state index in [2.05, 4.69) is 0 Å². The molecular weight excluding hydrogens is 1120 g/mol. The van der Waals surface area contributed by atoms with E-state index in [1.54, 1.807) is 0 Å². The Morgan fingerprint density at radius 1 is 0.384 bits per heavy atom. The molecule has 17 nitrogen and oxygen atoms in total. The molecule has 18 heteroatoms. The van der Waals surface area contributed by atoms with Crippen molar-refractivity contribution >= 4 is 22.1 Å². The van der Waals surface area contributed by atoms with Crippen molar-refractivity contribution in [3.63, 3.8) is 0 Å². The summed E-state index contributed by atoms with van der Waals surface area (Å²) < 4.78 is 111. The fraction of sp³-hybridized carbons (Fsp3) is 0.529. The minimum Gasteiger partial charge on any atom is -0.469 e. The van der Waals surface area contributed by atoms with Crippen LogP contribution in [0.5, 0.6) is 0 Å². The lowest BCUT2D eigenvalue weighted by molar-refractivity contribution is -0.382. The zero-order valence-electron chi connectivity index (χ0n) is 50.3. The highest BCUT2D eigenvalue weighted by atomic mass is 32.2. The summed E-state index contributed by atoms with van der Waals surface area (Å²) in [4.78, 5) is 23.5. The Bertz CT molecular complexity index is 2710. The van der Waals surface area contributed by atoms with Crippen LogP contribution in [-0.4, -0.2) is 129 Å². The minimum atomic E-state index is -3.97. The molecule has 5 aromatic rings. The van der Waals surface area contributed by atoms with E-state index in [0.29, 0.717) is 32.3 Å². The topological polar surface area (TPSA) is 188 Å². The van der Waals surface area contributed by atoms with Crippen LogP contribution in [-0.2, 0) is 114 Å². The van der Waals surface area contributed by atoms with Crippen LogP contribution in [0.15, 0.2) is 152 Å². The first-order chi connectivity index (χ1) is 42.1. The van der Waals surface area contributed by atoms with Crippen LogP contribution in [0, 0.1) is 0 Å². The smallest absolute Gasteiger partial charge is 0.305 e. The van der Waals surface area contributed by atoms with E-state index >= 15 is 0 Å². The second-order valence-corrected chi connectivity index (χ2v) is 23.5. The summed E-state index contributed by atoms with van der Waals surface area (Å²) in [7, 11) is -1.16. The highest BCUT2D eigenvalue weighted by Gasteiger charge is 2.55. The maximum atomic E-state index is 12.8. The van der Waals surface area contributed by atoms with E-state index < -0.39 is 78.1 Å². The van der Waals surface area contributed by atoms with Crippen molar-refractivity contribution in [1.82, 2.24) is 0 Å². The van der Waals surface area contributed by atoms with Gasteiger partial charge in [0, 0.05) is 26.1 Å². The average molecular weight is 1210 g/mol. The SMILES string of the molecule is COC(=O)CCCCCCCCO[C@H]1O[C@H](COS(C)(=O)=O)[C@@H](OCCCCCCCCC(=O)OC)[C@H](OCc2ccccc2)[C@H]1O[C@@H]1O[C@H](COCc2ccccc2)[C@@H](OCc2ccccc2)[C@H](OCc2ccccc2)[C@H]1OCc1ccccc1. The van der Waals surface area contributed by atoms with Gasteiger partial charge in [0.1, 0.15) is 48.8 Å². The molecule has 470 valence electrons. The van der Waals surface area contributed by atoms with Gasteiger partial charge in [-0.3, -0.25) is 13.8 Å². The summed E-state index contributed by atoms with van der Waals surface area (Å²) in [6.07, 6.45) is 1.87. The van der Waals surface area contributed by atoms with Crippen molar-refractivity contribution < 1.29 is 79.0 Å². The third-order valence-electron chi connectivity index (χ3n) is 15.1. The monoisotopic (exact) mass is 1210 g/mol. The van der Waals surface area contributed by atoms with Gasteiger partial charge in [-0.2, -0.15) is 8.42 Å². The zero-order valence-corrected chi connectivity index (χ0v) is 51.1. The summed E-state index contributed by atoms with van der Waals surface area (Å²) in [5, 5.41) is 0. The van der Waals surface area contributed by atoms with E-state index in [1.807, 2.05) is 152 Å². The number of benzene rings is 5. The number of unbranched alkanes of at least 4 members (excludes halogenated alkanes) is 10. The van der Waals surface area contributed by atoms with Crippen molar-refractivity contribution in [1.29, 1.82) is 0 Å². The van der Waals surface area contributed by atoms with Crippen LogP contribution in [0.25, 0.3) is 0 Å². The molecule has 0 N–H and O–H groups in total. The molecule has 2 aliphatic heterocycles. The van der Waals surface area contributed by atoms with Crippen LogP contribution in [0.1, 0.15) is 118 Å². The largest absolute Gasteiger partial charge is 0.469 e. The third-order valence-corrected chi connectivity index (χ3v) is 15.6. The van der Waals surface area contributed by atoms with Gasteiger partial charge < -0.3 is 56.8 Å². The highest BCUT2D eigenvalue weighted by molar-refractivity contribution is 7.86. The lowest BCUT2D eigenvalue weighted by Crippen LogP contribution is -2.66. The quantitative estimate of drug-likeness (QED) is 0.0204. The number of hydrogen-bond donors (Lipinski definition) is 0. The Morgan fingerprint density at radius 2 is 0.733 bits per heavy atom. The standard InChI is InChI=1S/C68H90O17S/c1-73-59(69)41-27-8-4-6-10-29-43-76-61-58(51-82-86(3,71)72)83-67(77-44-30-11-7-5-9-28-42-60(70)74-2)66(64(61)80-48-55-37-23-15-24-38-55)85-68-65(81-49-56-39-25-16-26-40-56)63(79-47-54-35-21-14-22-36-54)62(78-46-53-33-19-13-20-34-53)57(84-68)50-75-45-52-31-17-12-18-32-52/h12-26,31-40,57-58,61-68H,4-11,27-30,41-51H2,1-3H3/t57-,58-,61-,62-,63+,64+,65-,66-,67+,68+/m1/s1. The van der Waals surface area contributed by atoms with E-state index in [-0.39, 0.29) is 58.2 Å². The van der Waals surface area contributed by atoms with Crippen LogP contribution < -0.4 is 0 Å². The second-order valence-electron chi connectivity index (χ2n) is 21.8. The van der Waals surface area contributed by atoms with E-state index in [0.717, 1.165) is 98.3 Å². The normalized spacial score (nSPS) is 22.3. The molecule has 5 aromatic carbocycles. The second kappa shape index (κ2) is 38.7. The molecule has 2 fully saturated rings. The maximum absolute atomic E-state index is 12.8. The molecule has 0 aromatic heterocycles. The molecule has 0 saturated carbocycles. The number of esters is 2. The molecule has 7 rings (SSSR count). The van der Waals surface area contributed by atoms with Gasteiger partial charge in [-0.15, -0.1) is 0 Å². The Hall–Kier alpha value is -5.45. The van der Waals surface area contributed by atoms with Crippen molar-refractivity contribution in [2.75, 3.05) is 46.9 Å². The van der Waals surface area contributed by atoms with Gasteiger partial charge in [0.15, 0.2) is 12.6 Å². The van der Waals surface area contributed by atoms with E-state index in [9.17, 15) is 18.0 Å². The number of ether oxygens (including phenoxy) is 12. The molecule has 2 heterocycles. The summed E-state index contributed by atoms with van der Waals surface area (Å²) in [5.74, 6) is -0.429. The Kier molecular flexibility index (Phi) is 30.7.